The lowest BCUT2D eigenvalue weighted by molar-refractivity contribution is -0.123. The molecule has 18 heavy (non-hydrogen) atoms. The Morgan fingerprint density at radius 3 is 2.67 bits per heavy atom. The van der Waals surface area contributed by atoms with Crippen molar-refractivity contribution in [1.29, 1.82) is 0 Å². The van der Waals surface area contributed by atoms with Gasteiger partial charge in [-0.1, -0.05) is 16.5 Å². The number of benzene rings is 1. The predicted octanol–water partition coefficient (Wildman–Crippen LogP) is 0.0438. The molecule has 1 amide bonds. The van der Waals surface area contributed by atoms with Crippen LogP contribution in [0.1, 0.15) is 0 Å². The minimum atomic E-state index is -3.92. The maximum atomic E-state index is 11.7. The fourth-order valence-electron chi connectivity index (χ4n) is 1.04. The van der Waals surface area contributed by atoms with Gasteiger partial charge in [0.25, 0.3) is 10.0 Å². The van der Waals surface area contributed by atoms with Crippen LogP contribution in [0.4, 0.5) is 0 Å². The maximum absolute atomic E-state index is 11.7. The Labute approximate surface area is 109 Å². The van der Waals surface area contributed by atoms with Crippen molar-refractivity contribution in [3.63, 3.8) is 0 Å². The summed E-state index contributed by atoms with van der Waals surface area (Å²) in [7, 11) is -2.52. The summed E-state index contributed by atoms with van der Waals surface area (Å²) in [6, 6.07) is 3.86. The zero-order chi connectivity index (χ0) is 13.8. The lowest BCUT2D eigenvalue weighted by atomic mass is 10.3. The van der Waals surface area contributed by atoms with E-state index in [1.807, 2.05) is 0 Å². The van der Waals surface area contributed by atoms with Crippen LogP contribution in [-0.4, -0.2) is 28.0 Å². The second kappa shape index (κ2) is 6.01. The average Bonchev–Trinajstić information content (AvgIpc) is 2.28. The number of carbonyl (C=O) groups excluding carboxylic acids is 1. The third kappa shape index (κ3) is 3.84. The van der Waals surface area contributed by atoms with E-state index in [4.69, 9.17) is 22.1 Å². The van der Waals surface area contributed by atoms with Gasteiger partial charge in [-0.3, -0.25) is 9.63 Å². The van der Waals surface area contributed by atoms with Gasteiger partial charge in [0.1, 0.15) is 12.4 Å². The number of hydrogen-bond donors (Lipinski definition) is 2. The molecule has 3 N–H and O–H groups in total. The van der Waals surface area contributed by atoms with Crippen LogP contribution in [0, 0.1) is 0 Å². The topological polar surface area (TPSA) is 108 Å². The van der Waals surface area contributed by atoms with Gasteiger partial charge in [0.05, 0.1) is 17.0 Å². The van der Waals surface area contributed by atoms with Crippen LogP contribution >= 0.6 is 11.6 Å². The van der Waals surface area contributed by atoms with E-state index in [0.717, 1.165) is 0 Å². The zero-order valence-electron chi connectivity index (χ0n) is 9.34. The molecular weight excluding hydrogens is 284 g/mol. The largest absolute Gasteiger partial charge is 0.495 e. The molecule has 1 aromatic rings. The Hall–Kier alpha value is -1.35. The monoisotopic (exact) mass is 294 g/mol. The van der Waals surface area contributed by atoms with Crippen LogP contribution in [0.2, 0.25) is 5.02 Å². The van der Waals surface area contributed by atoms with Gasteiger partial charge in [0.2, 0.25) is 5.91 Å². The molecule has 0 aliphatic heterocycles. The highest BCUT2D eigenvalue weighted by Gasteiger charge is 2.16. The third-order valence-corrected chi connectivity index (χ3v) is 3.32. The summed E-state index contributed by atoms with van der Waals surface area (Å²) in [6.45, 7) is -0.566. The molecular formula is C9H11ClN2O5S. The number of carbonyl (C=O) groups is 1. The van der Waals surface area contributed by atoms with Crippen molar-refractivity contribution < 1.29 is 22.8 Å². The predicted molar refractivity (Wildman–Crippen MR) is 63.5 cm³/mol. The molecule has 0 heterocycles. The van der Waals surface area contributed by atoms with Gasteiger partial charge >= 0.3 is 0 Å². The van der Waals surface area contributed by atoms with Crippen LogP contribution in [0.5, 0.6) is 5.75 Å². The molecule has 0 fully saturated rings. The molecule has 1 rings (SSSR count). The molecule has 100 valence electrons. The molecule has 9 heteroatoms. The SMILES string of the molecule is COc1ccc(S(=O)(=O)NOCC(N)=O)cc1Cl. The quantitative estimate of drug-likeness (QED) is 0.720. The molecule has 0 aromatic heterocycles. The van der Waals surface area contributed by atoms with Crippen molar-refractivity contribution >= 4 is 27.5 Å². The smallest absolute Gasteiger partial charge is 0.262 e. The molecule has 0 spiro atoms. The number of rotatable bonds is 6. The Morgan fingerprint density at radius 1 is 1.50 bits per heavy atom. The van der Waals surface area contributed by atoms with E-state index in [9.17, 15) is 13.2 Å². The highest BCUT2D eigenvalue weighted by molar-refractivity contribution is 7.89. The van der Waals surface area contributed by atoms with E-state index in [2.05, 4.69) is 4.84 Å². The van der Waals surface area contributed by atoms with Crippen LogP contribution in [-0.2, 0) is 19.7 Å². The highest BCUT2D eigenvalue weighted by Crippen LogP contribution is 2.26. The number of primary amides is 1. The number of methoxy groups -OCH3 is 1. The first kappa shape index (κ1) is 14.7. The summed E-state index contributed by atoms with van der Waals surface area (Å²) >= 11 is 5.79. The van der Waals surface area contributed by atoms with Gasteiger partial charge in [-0.05, 0) is 18.2 Å². The van der Waals surface area contributed by atoms with Crippen molar-refractivity contribution in [3.8, 4) is 5.75 Å². The molecule has 0 aliphatic carbocycles. The Balaban J connectivity index is 2.85. The fourth-order valence-corrected chi connectivity index (χ4v) is 2.19. The zero-order valence-corrected chi connectivity index (χ0v) is 10.9. The standard InChI is InChI=1S/C9H11ClN2O5S/c1-16-8-3-2-6(4-7(8)10)18(14,15)12-17-5-9(11)13/h2-4,12H,5H2,1H3,(H2,11,13). The van der Waals surface area contributed by atoms with Crippen molar-refractivity contribution in [3.05, 3.63) is 23.2 Å². The third-order valence-electron chi connectivity index (χ3n) is 1.82. The minimum Gasteiger partial charge on any atom is -0.495 e. The van der Waals surface area contributed by atoms with E-state index in [1.165, 1.54) is 25.3 Å². The molecule has 0 unspecified atom stereocenters. The lowest BCUT2D eigenvalue weighted by Gasteiger charge is -2.08. The van der Waals surface area contributed by atoms with Crippen molar-refractivity contribution in [2.75, 3.05) is 13.7 Å². The number of hydrogen-bond acceptors (Lipinski definition) is 5. The van der Waals surface area contributed by atoms with E-state index in [0.29, 0.717) is 5.75 Å². The normalized spacial score (nSPS) is 11.2. The Morgan fingerprint density at radius 2 is 2.17 bits per heavy atom. The first-order chi connectivity index (χ1) is 8.36. The number of amides is 1. The number of nitrogens with two attached hydrogens (primary N) is 1. The Kier molecular flexibility index (Phi) is 4.91. The van der Waals surface area contributed by atoms with E-state index >= 15 is 0 Å². The first-order valence-electron chi connectivity index (χ1n) is 4.62. The van der Waals surface area contributed by atoms with E-state index < -0.39 is 22.5 Å². The second-order valence-corrected chi connectivity index (χ2v) is 5.19. The molecule has 7 nitrogen and oxygen atoms in total. The fraction of sp³-hybridized carbons (Fsp3) is 0.222. The molecule has 0 radical (unpaired) electrons. The van der Waals surface area contributed by atoms with Gasteiger partial charge in [-0.15, -0.1) is 0 Å². The van der Waals surface area contributed by atoms with Crippen LogP contribution in [0.3, 0.4) is 0 Å². The van der Waals surface area contributed by atoms with Crippen molar-refractivity contribution in [2.45, 2.75) is 4.90 Å². The summed E-state index contributed by atoms with van der Waals surface area (Å²) < 4.78 is 28.2. The van der Waals surface area contributed by atoms with Crippen molar-refractivity contribution in [1.82, 2.24) is 4.89 Å². The lowest BCUT2D eigenvalue weighted by Crippen LogP contribution is -2.29. The Bertz CT molecular complexity index is 546. The van der Waals surface area contributed by atoms with Gasteiger partial charge < -0.3 is 10.5 Å². The summed E-state index contributed by atoms with van der Waals surface area (Å²) in [6.07, 6.45) is 0. The average molecular weight is 295 g/mol. The van der Waals surface area contributed by atoms with Gasteiger partial charge in [0.15, 0.2) is 0 Å². The molecule has 0 saturated heterocycles. The number of ether oxygens (including phenoxy) is 1. The van der Waals surface area contributed by atoms with E-state index in [-0.39, 0.29) is 9.92 Å². The van der Waals surface area contributed by atoms with Crippen LogP contribution < -0.4 is 15.4 Å². The highest BCUT2D eigenvalue weighted by atomic mass is 35.5. The van der Waals surface area contributed by atoms with E-state index in [1.54, 1.807) is 4.89 Å². The van der Waals surface area contributed by atoms with Gasteiger partial charge in [-0.2, -0.15) is 0 Å². The molecule has 0 saturated carbocycles. The number of halogens is 1. The maximum Gasteiger partial charge on any atom is 0.262 e. The molecule has 0 bridgehead atoms. The minimum absolute atomic E-state index is 0.127. The van der Waals surface area contributed by atoms with Crippen molar-refractivity contribution in [2.24, 2.45) is 5.73 Å². The summed E-state index contributed by atoms with van der Waals surface area (Å²) in [5, 5.41) is 0.135. The second-order valence-electron chi connectivity index (χ2n) is 3.14. The van der Waals surface area contributed by atoms with Gasteiger partial charge in [0, 0.05) is 0 Å². The summed E-state index contributed by atoms with van der Waals surface area (Å²) in [5.74, 6) is -0.459. The first-order valence-corrected chi connectivity index (χ1v) is 6.48. The number of nitrogens with one attached hydrogen (secondary N) is 1. The molecule has 0 atom stereocenters. The molecule has 0 aliphatic rings. The number of sulfonamides is 1. The molecule has 1 aromatic carbocycles. The summed E-state index contributed by atoms with van der Waals surface area (Å²) in [4.78, 5) is 16.4. The van der Waals surface area contributed by atoms with Crippen LogP contribution in [0.15, 0.2) is 23.1 Å². The summed E-state index contributed by atoms with van der Waals surface area (Å²) in [5.41, 5.74) is 4.79. The van der Waals surface area contributed by atoms with Crippen LogP contribution in [0.25, 0.3) is 0 Å². The van der Waals surface area contributed by atoms with Gasteiger partial charge in [-0.25, -0.2) is 8.42 Å².